The second-order valence-corrected chi connectivity index (χ2v) is 12.3. The van der Waals surface area contributed by atoms with Crippen molar-refractivity contribution < 1.29 is 9.53 Å². The monoisotopic (exact) mass is 573 g/mol. The Bertz CT molecular complexity index is 1380. The van der Waals surface area contributed by atoms with E-state index in [0.717, 1.165) is 28.8 Å². The van der Waals surface area contributed by atoms with Gasteiger partial charge >= 0.3 is 0 Å². The quantitative estimate of drug-likeness (QED) is 0.380. The standard InChI is InChI=1S/C31H39N7O2S/c1-21-10-8-11-22(2)29(21)25-16-28-36-30(35-25)37-41-26(32)13-7-6-12-24(39)18-38(19-27-33-14-9-15-34-27)23(20-40-28)17-31(3,4)5/h6-11,13-16,23H,12,17-20,32H2,1-5H3,(H,35,36,37)/b7-6-,26-13+. The molecule has 1 aliphatic heterocycles. The minimum Gasteiger partial charge on any atom is -0.476 e. The van der Waals surface area contributed by atoms with Crippen molar-refractivity contribution in [2.24, 2.45) is 11.1 Å². The zero-order valence-electron chi connectivity index (χ0n) is 24.4. The third kappa shape index (κ3) is 9.12. The average Bonchev–Trinajstić information content (AvgIpc) is 2.91. The van der Waals surface area contributed by atoms with Gasteiger partial charge in [0.05, 0.1) is 23.8 Å². The molecule has 216 valence electrons. The van der Waals surface area contributed by atoms with Crippen molar-refractivity contribution in [1.82, 2.24) is 24.8 Å². The number of fused-ring (bicyclic) bond motifs is 2. The molecule has 1 atom stereocenters. The fraction of sp³-hybridized carbons (Fsp3) is 0.387. The van der Waals surface area contributed by atoms with E-state index in [0.29, 0.717) is 42.3 Å². The summed E-state index contributed by atoms with van der Waals surface area (Å²) in [5.74, 6) is 1.58. The fourth-order valence-electron chi connectivity index (χ4n) is 4.77. The number of Topliss-reactive ketones (excluding diaryl/α,β-unsaturated/α-hetero) is 1. The zero-order valence-corrected chi connectivity index (χ0v) is 25.2. The highest BCUT2D eigenvalue weighted by Gasteiger charge is 2.28. The Morgan fingerprint density at radius 2 is 1.85 bits per heavy atom. The maximum absolute atomic E-state index is 13.1. The number of hydrogen-bond acceptors (Lipinski definition) is 10. The topological polar surface area (TPSA) is 119 Å². The van der Waals surface area contributed by atoms with Crippen molar-refractivity contribution in [3.63, 3.8) is 0 Å². The van der Waals surface area contributed by atoms with E-state index >= 15 is 0 Å². The maximum atomic E-state index is 13.1. The van der Waals surface area contributed by atoms with Crippen molar-refractivity contribution in [1.29, 1.82) is 0 Å². The van der Waals surface area contributed by atoms with E-state index in [1.807, 2.05) is 18.2 Å². The summed E-state index contributed by atoms with van der Waals surface area (Å²) < 4.78 is 9.58. The largest absolute Gasteiger partial charge is 0.476 e. The van der Waals surface area contributed by atoms with Crippen LogP contribution in [0.1, 0.15) is 50.6 Å². The molecule has 3 aromatic rings. The predicted molar refractivity (Wildman–Crippen MR) is 165 cm³/mol. The van der Waals surface area contributed by atoms with Gasteiger partial charge in [0.25, 0.3) is 0 Å². The Labute approximate surface area is 246 Å². The van der Waals surface area contributed by atoms with Gasteiger partial charge < -0.3 is 10.5 Å². The van der Waals surface area contributed by atoms with Crippen molar-refractivity contribution in [3.8, 4) is 17.1 Å². The van der Waals surface area contributed by atoms with Gasteiger partial charge in [0.1, 0.15) is 12.4 Å². The van der Waals surface area contributed by atoms with Crippen LogP contribution >= 0.6 is 11.9 Å². The molecule has 1 aliphatic rings. The van der Waals surface area contributed by atoms with Crippen LogP contribution in [-0.4, -0.2) is 49.8 Å². The van der Waals surface area contributed by atoms with E-state index in [2.05, 4.69) is 71.3 Å². The molecule has 1 unspecified atom stereocenters. The zero-order chi connectivity index (χ0) is 29.4. The molecular weight excluding hydrogens is 534 g/mol. The summed E-state index contributed by atoms with van der Waals surface area (Å²) in [5.41, 5.74) is 10.2. The molecule has 0 radical (unpaired) electrons. The van der Waals surface area contributed by atoms with Gasteiger partial charge in [0.15, 0.2) is 5.78 Å². The SMILES string of the molecule is Cc1cccc(C)c1-c1cc2nc(n1)NS/C(N)=C/C=C\CC(=O)CN(Cc1ncccn1)C(CC(C)(C)C)CO2. The summed E-state index contributed by atoms with van der Waals surface area (Å²) in [6, 6.07) is 9.74. The molecule has 0 fully saturated rings. The van der Waals surface area contributed by atoms with Crippen LogP contribution in [0.3, 0.4) is 0 Å². The van der Waals surface area contributed by atoms with Gasteiger partial charge in [0, 0.05) is 48.4 Å². The number of nitrogens with one attached hydrogen (secondary N) is 1. The van der Waals surface area contributed by atoms with Crippen LogP contribution < -0.4 is 15.2 Å². The molecule has 3 N–H and O–H groups in total. The lowest BCUT2D eigenvalue weighted by Crippen LogP contribution is -2.44. The number of nitrogens with two attached hydrogens (primary N) is 1. The van der Waals surface area contributed by atoms with E-state index in [-0.39, 0.29) is 23.8 Å². The second kappa shape index (κ2) is 13.7. The molecule has 9 nitrogen and oxygen atoms in total. The molecule has 41 heavy (non-hydrogen) atoms. The van der Waals surface area contributed by atoms with Crippen molar-refractivity contribution in [2.45, 2.75) is 60.0 Å². The summed E-state index contributed by atoms with van der Waals surface area (Å²) in [4.78, 5) is 33.5. The molecular formula is C31H39N7O2S. The molecule has 0 saturated carbocycles. The van der Waals surface area contributed by atoms with Crippen LogP contribution in [0.4, 0.5) is 5.95 Å². The van der Waals surface area contributed by atoms with Crippen LogP contribution in [0, 0.1) is 19.3 Å². The molecule has 0 spiro atoms. The first-order chi connectivity index (χ1) is 19.6. The Balaban J connectivity index is 1.75. The van der Waals surface area contributed by atoms with Gasteiger partial charge in [-0.3, -0.25) is 14.4 Å². The number of anilines is 1. The molecule has 2 bridgehead atoms. The lowest BCUT2D eigenvalue weighted by atomic mass is 9.87. The van der Waals surface area contributed by atoms with Gasteiger partial charge in [-0.2, -0.15) is 4.98 Å². The Morgan fingerprint density at radius 1 is 1.12 bits per heavy atom. The van der Waals surface area contributed by atoms with Crippen LogP contribution in [0.25, 0.3) is 11.3 Å². The smallest absolute Gasteiger partial charge is 0.237 e. The van der Waals surface area contributed by atoms with Gasteiger partial charge in [-0.15, -0.1) is 0 Å². The molecule has 10 heteroatoms. The Kier molecular flexibility index (Phi) is 10.1. The van der Waals surface area contributed by atoms with Gasteiger partial charge in [0.2, 0.25) is 11.8 Å². The number of hydrogen-bond donors (Lipinski definition) is 2. The molecule has 2 aromatic heterocycles. The first-order valence-electron chi connectivity index (χ1n) is 13.7. The maximum Gasteiger partial charge on any atom is 0.237 e. The van der Waals surface area contributed by atoms with E-state index in [4.69, 9.17) is 15.5 Å². The van der Waals surface area contributed by atoms with E-state index in [1.54, 1.807) is 30.6 Å². The number of ketones is 1. The minimum atomic E-state index is -0.0976. The lowest BCUT2D eigenvalue weighted by Gasteiger charge is -2.34. The normalized spacial score (nSPS) is 19.5. The number of allylic oxidation sites excluding steroid dienone is 3. The second-order valence-electron chi connectivity index (χ2n) is 11.4. The average molecular weight is 574 g/mol. The lowest BCUT2D eigenvalue weighted by molar-refractivity contribution is -0.120. The van der Waals surface area contributed by atoms with Crippen LogP contribution in [-0.2, 0) is 11.3 Å². The van der Waals surface area contributed by atoms with Crippen molar-refractivity contribution >= 4 is 23.7 Å². The van der Waals surface area contributed by atoms with Crippen molar-refractivity contribution in [3.05, 3.63) is 82.9 Å². The highest BCUT2D eigenvalue weighted by molar-refractivity contribution is 8.04. The number of carbonyl (C=O) groups excluding carboxylic acids is 1. The predicted octanol–water partition coefficient (Wildman–Crippen LogP) is 5.63. The van der Waals surface area contributed by atoms with Crippen LogP contribution in [0.15, 0.2) is 66.0 Å². The van der Waals surface area contributed by atoms with E-state index in [1.165, 1.54) is 11.9 Å². The number of rotatable bonds is 4. The number of aromatic nitrogens is 4. The fourth-order valence-corrected chi connectivity index (χ4v) is 5.22. The molecule has 0 amide bonds. The summed E-state index contributed by atoms with van der Waals surface area (Å²) in [7, 11) is 0. The summed E-state index contributed by atoms with van der Waals surface area (Å²) in [6.45, 7) is 11.7. The summed E-state index contributed by atoms with van der Waals surface area (Å²) in [5, 5.41) is 0.512. The Morgan fingerprint density at radius 3 is 2.56 bits per heavy atom. The third-order valence-electron chi connectivity index (χ3n) is 6.57. The first-order valence-corrected chi connectivity index (χ1v) is 14.5. The summed E-state index contributed by atoms with van der Waals surface area (Å²) in [6.07, 6.45) is 9.89. The van der Waals surface area contributed by atoms with Crippen molar-refractivity contribution in [2.75, 3.05) is 17.9 Å². The number of aryl methyl sites for hydroxylation is 2. The number of ether oxygens (including phenoxy) is 1. The molecule has 0 aliphatic carbocycles. The van der Waals surface area contributed by atoms with Gasteiger partial charge in [-0.25, -0.2) is 15.0 Å². The third-order valence-corrected chi connectivity index (χ3v) is 7.23. The highest BCUT2D eigenvalue weighted by atomic mass is 32.2. The summed E-state index contributed by atoms with van der Waals surface area (Å²) >= 11 is 1.21. The number of nitrogens with zero attached hydrogens (tertiary/aromatic N) is 5. The van der Waals surface area contributed by atoms with Crippen LogP contribution in [0.2, 0.25) is 0 Å². The molecule has 4 rings (SSSR count). The minimum absolute atomic E-state index is 0.0195. The molecule has 0 saturated heterocycles. The van der Waals surface area contributed by atoms with E-state index in [9.17, 15) is 4.79 Å². The first kappa shape index (κ1) is 30.2. The molecule has 3 heterocycles. The molecule has 1 aromatic carbocycles. The van der Waals surface area contributed by atoms with Gasteiger partial charge in [-0.1, -0.05) is 51.1 Å². The van der Waals surface area contributed by atoms with Gasteiger partial charge in [-0.05, 0) is 49.0 Å². The number of carbonyl (C=O) groups is 1. The number of benzene rings is 1. The Hall–Kier alpha value is -3.76. The highest BCUT2D eigenvalue weighted by Crippen LogP contribution is 2.31. The van der Waals surface area contributed by atoms with E-state index < -0.39 is 0 Å². The van der Waals surface area contributed by atoms with Crippen LogP contribution in [0.5, 0.6) is 5.88 Å².